The number of carbonyl (C=O) groups is 4. The zero-order valence-electron chi connectivity index (χ0n) is 16.9. The van der Waals surface area contributed by atoms with E-state index in [9.17, 15) is 19.2 Å². The fourth-order valence-corrected chi connectivity index (χ4v) is 4.53. The molecular weight excluding hydrogens is 461 g/mol. The van der Waals surface area contributed by atoms with Crippen molar-refractivity contribution < 1.29 is 28.4 Å². The first-order valence-electron chi connectivity index (χ1n) is 9.91. The highest BCUT2D eigenvalue weighted by Gasteiger charge is 2.52. The number of rotatable bonds is 5. The average Bonchev–Trinajstić information content (AvgIpc) is 3.27. The van der Waals surface area contributed by atoms with Crippen LogP contribution in [0.25, 0.3) is 0 Å². The molecule has 168 valence electrons. The van der Waals surface area contributed by atoms with Crippen LogP contribution in [0.1, 0.15) is 29.0 Å². The SMILES string of the molecule is Cc1cc(NC(=O)COC(=O)c2cccc(N3C(=O)[C@@H]4C[C@H](Cl)[C@@H](Cl)C[C@H]4C3=O)c2)no1. The minimum absolute atomic E-state index is 0.0912. The van der Waals surface area contributed by atoms with E-state index in [1.165, 1.54) is 24.3 Å². The topological polar surface area (TPSA) is 119 Å². The van der Waals surface area contributed by atoms with Crippen molar-refractivity contribution in [1.82, 2.24) is 5.16 Å². The number of carbonyl (C=O) groups excluding carboxylic acids is 4. The van der Waals surface area contributed by atoms with Gasteiger partial charge in [-0.3, -0.25) is 19.3 Å². The van der Waals surface area contributed by atoms with Gasteiger partial charge in [-0.25, -0.2) is 4.79 Å². The minimum atomic E-state index is -0.781. The van der Waals surface area contributed by atoms with Crippen molar-refractivity contribution in [2.24, 2.45) is 11.8 Å². The van der Waals surface area contributed by atoms with Crippen LogP contribution < -0.4 is 10.2 Å². The third kappa shape index (κ3) is 4.35. The van der Waals surface area contributed by atoms with E-state index < -0.39 is 30.3 Å². The van der Waals surface area contributed by atoms with E-state index in [1.54, 1.807) is 13.0 Å². The first-order valence-corrected chi connectivity index (χ1v) is 10.8. The van der Waals surface area contributed by atoms with Crippen molar-refractivity contribution >= 4 is 58.4 Å². The Bertz CT molecular complexity index is 1060. The molecule has 1 N–H and O–H groups in total. The molecule has 0 unspecified atom stereocenters. The number of halogens is 2. The number of amides is 3. The molecule has 1 aromatic heterocycles. The summed E-state index contributed by atoms with van der Waals surface area (Å²) in [6.45, 7) is 1.12. The van der Waals surface area contributed by atoms with E-state index in [4.69, 9.17) is 32.5 Å². The number of nitrogens with zero attached hydrogens (tertiary/aromatic N) is 2. The smallest absolute Gasteiger partial charge is 0.338 e. The number of esters is 1. The van der Waals surface area contributed by atoms with Crippen LogP contribution in [0.15, 0.2) is 34.9 Å². The standard InChI is InChI=1S/C21H19Cl2N3O6/c1-10-5-17(25-32-10)24-18(27)9-31-21(30)11-3-2-4-12(6-11)26-19(28)13-7-15(22)16(23)8-14(13)20(26)29/h2-6,13-16H,7-9H2,1H3,(H,24,25,27)/t13-,14-,15+,16+/m1/s1. The largest absolute Gasteiger partial charge is 0.452 e. The lowest BCUT2D eigenvalue weighted by molar-refractivity contribution is -0.122. The number of hydrogen-bond acceptors (Lipinski definition) is 7. The van der Waals surface area contributed by atoms with Crippen LogP contribution >= 0.6 is 23.2 Å². The maximum atomic E-state index is 12.9. The molecule has 1 aliphatic carbocycles. The number of nitrogens with one attached hydrogen (secondary N) is 1. The number of imide groups is 1. The van der Waals surface area contributed by atoms with E-state index in [2.05, 4.69) is 10.5 Å². The fourth-order valence-electron chi connectivity index (χ4n) is 3.94. The summed E-state index contributed by atoms with van der Waals surface area (Å²) >= 11 is 12.4. The number of aromatic nitrogens is 1. The summed E-state index contributed by atoms with van der Waals surface area (Å²) in [5.41, 5.74) is 0.345. The third-order valence-electron chi connectivity index (χ3n) is 5.48. The summed E-state index contributed by atoms with van der Waals surface area (Å²) in [5, 5.41) is 5.28. The van der Waals surface area contributed by atoms with Crippen LogP contribution in [-0.2, 0) is 19.1 Å². The first-order chi connectivity index (χ1) is 15.2. The zero-order valence-corrected chi connectivity index (χ0v) is 18.4. The highest BCUT2D eigenvalue weighted by molar-refractivity contribution is 6.31. The van der Waals surface area contributed by atoms with Gasteiger partial charge in [0.2, 0.25) is 11.8 Å². The maximum absolute atomic E-state index is 12.9. The van der Waals surface area contributed by atoms with Crippen LogP contribution in [0, 0.1) is 18.8 Å². The second-order valence-electron chi connectivity index (χ2n) is 7.73. The fraction of sp³-hybridized carbons (Fsp3) is 0.381. The Kier molecular flexibility index (Phi) is 6.21. The number of hydrogen-bond donors (Lipinski definition) is 1. The van der Waals surface area contributed by atoms with E-state index in [1.807, 2.05) is 0 Å². The lowest BCUT2D eigenvalue weighted by atomic mass is 9.80. The second-order valence-corrected chi connectivity index (χ2v) is 8.85. The average molecular weight is 480 g/mol. The molecular formula is C21H19Cl2N3O6. The normalized spacial score (nSPS) is 24.9. The lowest BCUT2D eigenvalue weighted by Crippen LogP contribution is -2.34. The first kappa shape index (κ1) is 22.3. The van der Waals surface area contributed by atoms with E-state index >= 15 is 0 Å². The molecule has 32 heavy (non-hydrogen) atoms. The molecule has 1 aromatic carbocycles. The van der Waals surface area contributed by atoms with Crippen LogP contribution in [0.4, 0.5) is 11.5 Å². The van der Waals surface area contributed by atoms with Crippen LogP contribution in [0.5, 0.6) is 0 Å². The summed E-state index contributed by atoms with van der Waals surface area (Å²) in [6, 6.07) is 7.45. The zero-order chi connectivity index (χ0) is 23.0. The number of aryl methyl sites for hydroxylation is 1. The van der Waals surface area contributed by atoms with Gasteiger partial charge < -0.3 is 14.6 Å². The van der Waals surface area contributed by atoms with Gasteiger partial charge in [0.25, 0.3) is 5.91 Å². The van der Waals surface area contributed by atoms with Crippen molar-refractivity contribution in [1.29, 1.82) is 0 Å². The predicted molar refractivity (Wildman–Crippen MR) is 115 cm³/mol. The van der Waals surface area contributed by atoms with Gasteiger partial charge in [0, 0.05) is 6.07 Å². The molecule has 2 aromatic rings. The summed E-state index contributed by atoms with van der Waals surface area (Å²) in [4.78, 5) is 51.2. The predicted octanol–water partition coefficient (Wildman–Crippen LogP) is 2.89. The summed E-state index contributed by atoms with van der Waals surface area (Å²) in [7, 11) is 0. The number of anilines is 2. The highest BCUT2D eigenvalue weighted by atomic mass is 35.5. The van der Waals surface area contributed by atoms with E-state index in [-0.39, 0.29) is 39.6 Å². The molecule has 0 spiro atoms. The Morgan fingerprint density at radius 1 is 1.16 bits per heavy atom. The van der Waals surface area contributed by atoms with Crippen LogP contribution in [-0.4, -0.2) is 46.2 Å². The van der Waals surface area contributed by atoms with Gasteiger partial charge in [-0.15, -0.1) is 23.2 Å². The molecule has 9 nitrogen and oxygen atoms in total. The van der Waals surface area contributed by atoms with Gasteiger partial charge >= 0.3 is 5.97 Å². The molecule has 2 heterocycles. The summed E-state index contributed by atoms with van der Waals surface area (Å²) < 4.78 is 9.87. The number of benzene rings is 1. The van der Waals surface area contributed by atoms with E-state index in [0.717, 1.165) is 4.90 Å². The Labute approximate surface area is 192 Å². The molecule has 4 atom stereocenters. The van der Waals surface area contributed by atoms with Gasteiger partial charge in [0.1, 0.15) is 5.76 Å². The van der Waals surface area contributed by atoms with E-state index in [0.29, 0.717) is 18.6 Å². The molecule has 1 saturated carbocycles. The second kappa shape index (κ2) is 8.91. The number of alkyl halides is 2. The van der Waals surface area contributed by atoms with Crippen molar-refractivity contribution in [2.45, 2.75) is 30.5 Å². The van der Waals surface area contributed by atoms with Gasteiger partial charge in [0.05, 0.1) is 33.8 Å². The van der Waals surface area contributed by atoms with Crippen molar-refractivity contribution in [3.63, 3.8) is 0 Å². The molecule has 11 heteroatoms. The van der Waals surface area contributed by atoms with Crippen molar-refractivity contribution in [3.8, 4) is 0 Å². The lowest BCUT2D eigenvalue weighted by Gasteiger charge is -2.28. The number of fused-ring (bicyclic) bond motifs is 1. The summed E-state index contributed by atoms with van der Waals surface area (Å²) in [6.07, 6.45) is 0.646. The Hall–Kier alpha value is -2.91. The minimum Gasteiger partial charge on any atom is -0.452 e. The third-order valence-corrected chi connectivity index (χ3v) is 6.58. The molecule has 3 amide bonds. The number of ether oxygens (including phenoxy) is 1. The molecule has 1 saturated heterocycles. The van der Waals surface area contributed by atoms with Gasteiger partial charge in [-0.1, -0.05) is 11.2 Å². The van der Waals surface area contributed by atoms with Crippen LogP contribution in [0.3, 0.4) is 0 Å². The van der Waals surface area contributed by atoms with Crippen molar-refractivity contribution in [2.75, 3.05) is 16.8 Å². The molecule has 0 bridgehead atoms. The maximum Gasteiger partial charge on any atom is 0.338 e. The van der Waals surface area contributed by atoms with Gasteiger partial charge in [0.15, 0.2) is 12.4 Å². The Morgan fingerprint density at radius 2 is 1.81 bits per heavy atom. The van der Waals surface area contributed by atoms with Gasteiger partial charge in [-0.05, 0) is 38.0 Å². The molecule has 1 aliphatic heterocycles. The molecule has 2 fully saturated rings. The van der Waals surface area contributed by atoms with Crippen LogP contribution in [0.2, 0.25) is 0 Å². The monoisotopic (exact) mass is 479 g/mol. The quantitative estimate of drug-likeness (QED) is 0.397. The molecule has 2 aliphatic rings. The molecule has 0 radical (unpaired) electrons. The molecule has 4 rings (SSSR count). The van der Waals surface area contributed by atoms with Gasteiger partial charge in [-0.2, -0.15) is 0 Å². The summed E-state index contributed by atoms with van der Waals surface area (Å²) in [5.74, 6) is -2.43. The highest BCUT2D eigenvalue weighted by Crippen LogP contribution is 2.43. The van der Waals surface area contributed by atoms with Crippen molar-refractivity contribution in [3.05, 3.63) is 41.7 Å². The Balaban J connectivity index is 1.43. The Morgan fingerprint density at radius 3 is 2.41 bits per heavy atom.